The van der Waals surface area contributed by atoms with E-state index in [1.807, 2.05) is 12.1 Å². The molecule has 0 radical (unpaired) electrons. The Hall–Kier alpha value is -1.84. The fourth-order valence-electron chi connectivity index (χ4n) is 6.00. The maximum atomic E-state index is 13.8. The first kappa shape index (κ1) is 21.0. The van der Waals surface area contributed by atoms with E-state index in [1.54, 1.807) is 0 Å². The Labute approximate surface area is 191 Å². The molecule has 2 fully saturated rings. The highest BCUT2D eigenvalue weighted by molar-refractivity contribution is 6.30. The van der Waals surface area contributed by atoms with E-state index in [9.17, 15) is 4.79 Å². The number of benzene rings is 2. The van der Waals surface area contributed by atoms with Crippen molar-refractivity contribution in [2.45, 2.75) is 69.9 Å². The molecule has 1 amide bonds. The Morgan fingerprint density at radius 2 is 1.68 bits per heavy atom. The van der Waals surface area contributed by atoms with Crippen molar-refractivity contribution >= 4 is 23.2 Å². The lowest BCUT2D eigenvalue weighted by atomic mass is 9.86. The van der Waals surface area contributed by atoms with Crippen LogP contribution in [0.5, 0.6) is 0 Å². The van der Waals surface area contributed by atoms with Gasteiger partial charge in [-0.3, -0.25) is 9.69 Å². The molecule has 2 atom stereocenters. The predicted molar refractivity (Wildman–Crippen MR) is 128 cm³/mol. The molecule has 1 saturated carbocycles. The predicted octanol–water partition coefficient (Wildman–Crippen LogP) is 6.41. The highest BCUT2D eigenvalue weighted by Gasteiger charge is 2.37. The zero-order chi connectivity index (χ0) is 21.2. The van der Waals surface area contributed by atoms with E-state index in [0.717, 1.165) is 49.5 Å². The summed E-state index contributed by atoms with van der Waals surface area (Å²) in [5, 5.41) is 0.793. The average Bonchev–Trinajstić information content (AvgIpc) is 3.27. The fraction of sp³-hybridized carbons (Fsp3) is 0.519. The van der Waals surface area contributed by atoms with Gasteiger partial charge in [-0.2, -0.15) is 0 Å². The number of anilines is 1. The van der Waals surface area contributed by atoms with Crippen molar-refractivity contribution in [3.05, 3.63) is 64.7 Å². The highest BCUT2D eigenvalue weighted by atomic mass is 35.5. The maximum Gasteiger partial charge on any atom is 0.230 e. The quantitative estimate of drug-likeness (QED) is 0.553. The van der Waals surface area contributed by atoms with Crippen LogP contribution in [-0.4, -0.2) is 29.9 Å². The van der Waals surface area contributed by atoms with Crippen LogP contribution < -0.4 is 4.90 Å². The largest absolute Gasteiger partial charge is 0.308 e. The zero-order valence-corrected chi connectivity index (χ0v) is 19.1. The Bertz CT molecular complexity index is 906. The summed E-state index contributed by atoms with van der Waals surface area (Å²) in [5.74, 6) is 0.576. The van der Waals surface area contributed by atoms with Gasteiger partial charge >= 0.3 is 0 Å². The third-order valence-corrected chi connectivity index (χ3v) is 7.87. The number of para-hydroxylation sites is 1. The molecule has 1 aliphatic carbocycles. The van der Waals surface area contributed by atoms with Gasteiger partial charge in [0.25, 0.3) is 0 Å². The summed E-state index contributed by atoms with van der Waals surface area (Å²) in [7, 11) is 0. The molecule has 2 unspecified atom stereocenters. The van der Waals surface area contributed by atoms with Crippen LogP contribution in [0.25, 0.3) is 0 Å². The van der Waals surface area contributed by atoms with E-state index in [1.165, 1.54) is 43.2 Å². The number of carbonyl (C=O) groups is 1. The number of amides is 1. The summed E-state index contributed by atoms with van der Waals surface area (Å²) >= 11 is 6.13. The van der Waals surface area contributed by atoms with Gasteiger partial charge in [0, 0.05) is 35.3 Å². The SMILES string of the molecule is O=C(C1CCCCC1)N1c2ccccc2CCC1CN1CCCC1c1ccc(Cl)cc1. The first-order chi connectivity index (χ1) is 15.2. The van der Waals surface area contributed by atoms with Crippen molar-refractivity contribution in [3.63, 3.8) is 0 Å². The van der Waals surface area contributed by atoms with Crippen LogP contribution in [0, 0.1) is 5.92 Å². The van der Waals surface area contributed by atoms with Crippen molar-refractivity contribution in [2.75, 3.05) is 18.0 Å². The molecule has 0 bridgehead atoms. The fourth-order valence-corrected chi connectivity index (χ4v) is 6.13. The third-order valence-electron chi connectivity index (χ3n) is 7.62. The number of nitrogens with zero attached hydrogens (tertiary/aromatic N) is 2. The second-order valence-corrected chi connectivity index (χ2v) is 10.0. The normalized spacial score (nSPS) is 24.9. The second kappa shape index (κ2) is 9.34. The van der Waals surface area contributed by atoms with Crippen LogP contribution in [0.3, 0.4) is 0 Å². The van der Waals surface area contributed by atoms with Crippen molar-refractivity contribution < 1.29 is 4.79 Å². The van der Waals surface area contributed by atoms with Gasteiger partial charge in [-0.15, -0.1) is 0 Å². The van der Waals surface area contributed by atoms with E-state index in [0.29, 0.717) is 11.9 Å². The number of carbonyl (C=O) groups excluding carboxylic acids is 1. The van der Waals surface area contributed by atoms with Crippen LogP contribution in [0.4, 0.5) is 5.69 Å². The van der Waals surface area contributed by atoms with E-state index in [4.69, 9.17) is 11.6 Å². The molecular weight excluding hydrogens is 404 g/mol. The molecule has 3 nitrogen and oxygen atoms in total. The lowest BCUT2D eigenvalue weighted by molar-refractivity contribution is -0.124. The maximum absolute atomic E-state index is 13.8. The molecule has 0 N–H and O–H groups in total. The van der Waals surface area contributed by atoms with Crippen molar-refractivity contribution in [2.24, 2.45) is 5.92 Å². The number of likely N-dealkylation sites (tertiary alicyclic amines) is 1. The summed E-state index contributed by atoms with van der Waals surface area (Å²) in [5.41, 5.74) is 3.85. The van der Waals surface area contributed by atoms with Crippen LogP contribution in [0.15, 0.2) is 48.5 Å². The topological polar surface area (TPSA) is 23.6 Å². The van der Waals surface area contributed by atoms with E-state index in [-0.39, 0.29) is 12.0 Å². The van der Waals surface area contributed by atoms with Crippen molar-refractivity contribution in [3.8, 4) is 0 Å². The minimum atomic E-state index is 0.202. The molecule has 2 heterocycles. The number of hydrogen-bond acceptors (Lipinski definition) is 2. The summed E-state index contributed by atoms with van der Waals surface area (Å²) in [6.45, 7) is 2.07. The molecule has 1 saturated heterocycles. The van der Waals surface area contributed by atoms with Gasteiger partial charge in [0.1, 0.15) is 0 Å². The molecule has 31 heavy (non-hydrogen) atoms. The van der Waals surface area contributed by atoms with Gasteiger partial charge in [-0.1, -0.05) is 61.2 Å². The number of rotatable bonds is 4. The standard InChI is InChI=1S/C27H33ClN2O/c28-23-15-12-21(13-16-23)25-11-6-18-29(25)19-24-17-14-20-7-4-5-10-26(20)30(24)27(31)22-8-2-1-3-9-22/h4-5,7,10,12-13,15-16,22,24-25H,1-3,6,8-9,11,14,17-19H2. The number of hydrogen-bond donors (Lipinski definition) is 0. The number of aryl methyl sites for hydroxylation is 1. The minimum absolute atomic E-state index is 0.202. The Balaban J connectivity index is 1.40. The molecule has 5 rings (SSSR count). The van der Waals surface area contributed by atoms with E-state index < -0.39 is 0 Å². The second-order valence-electron chi connectivity index (χ2n) is 9.57. The Morgan fingerprint density at radius 3 is 2.48 bits per heavy atom. The third kappa shape index (κ3) is 4.40. The van der Waals surface area contributed by atoms with Crippen molar-refractivity contribution in [1.82, 2.24) is 4.90 Å². The van der Waals surface area contributed by atoms with E-state index in [2.05, 4.69) is 46.2 Å². The smallest absolute Gasteiger partial charge is 0.230 e. The molecule has 0 spiro atoms. The van der Waals surface area contributed by atoms with Gasteiger partial charge in [-0.25, -0.2) is 0 Å². The van der Waals surface area contributed by atoms with Gasteiger partial charge in [-0.05, 0) is 74.4 Å². The van der Waals surface area contributed by atoms with Gasteiger partial charge in [0.05, 0.1) is 0 Å². The molecule has 2 aromatic rings. The summed E-state index contributed by atoms with van der Waals surface area (Å²) in [6.07, 6.45) is 10.3. The molecule has 2 aromatic carbocycles. The summed E-state index contributed by atoms with van der Waals surface area (Å²) in [4.78, 5) is 18.6. The van der Waals surface area contributed by atoms with Gasteiger partial charge in [0.15, 0.2) is 0 Å². The molecule has 0 aromatic heterocycles. The number of fused-ring (bicyclic) bond motifs is 1. The first-order valence-electron chi connectivity index (χ1n) is 12.1. The lowest BCUT2D eigenvalue weighted by Crippen LogP contribution is -2.51. The van der Waals surface area contributed by atoms with Crippen LogP contribution >= 0.6 is 11.6 Å². The van der Waals surface area contributed by atoms with Crippen LogP contribution in [-0.2, 0) is 11.2 Å². The summed E-state index contributed by atoms with van der Waals surface area (Å²) in [6, 6.07) is 17.6. The van der Waals surface area contributed by atoms with E-state index >= 15 is 0 Å². The Morgan fingerprint density at radius 1 is 0.903 bits per heavy atom. The highest BCUT2D eigenvalue weighted by Crippen LogP contribution is 2.38. The zero-order valence-electron chi connectivity index (χ0n) is 18.3. The molecule has 164 valence electrons. The first-order valence-corrected chi connectivity index (χ1v) is 12.5. The monoisotopic (exact) mass is 436 g/mol. The summed E-state index contributed by atoms with van der Waals surface area (Å²) < 4.78 is 0. The van der Waals surface area contributed by atoms with Gasteiger partial charge < -0.3 is 4.90 Å². The average molecular weight is 437 g/mol. The molecule has 3 aliphatic rings. The minimum Gasteiger partial charge on any atom is -0.308 e. The molecular formula is C27H33ClN2O. The molecule has 2 aliphatic heterocycles. The van der Waals surface area contributed by atoms with Crippen LogP contribution in [0.2, 0.25) is 5.02 Å². The molecule has 4 heteroatoms. The van der Waals surface area contributed by atoms with Crippen LogP contribution in [0.1, 0.15) is 68.5 Å². The number of halogens is 1. The van der Waals surface area contributed by atoms with Crippen molar-refractivity contribution in [1.29, 1.82) is 0 Å². The Kier molecular flexibility index (Phi) is 6.34. The lowest BCUT2D eigenvalue weighted by Gasteiger charge is -2.42. The van der Waals surface area contributed by atoms with Gasteiger partial charge in [0.2, 0.25) is 5.91 Å².